The van der Waals surface area contributed by atoms with Gasteiger partial charge < -0.3 is 10.1 Å². The summed E-state index contributed by atoms with van der Waals surface area (Å²) in [5.74, 6) is 0.185. The number of nitrogens with one attached hydrogen (secondary N) is 1. The topological polar surface area (TPSA) is 82.4 Å². The Morgan fingerprint density at radius 3 is 2.48 bits per heavy atom. The number of rotatable bonds is 4. The van der Waals surface area contributed by atoms with E-state index in [1.54, 1.807) is 30.3 Å². The van der Waals surface area contributed by atoms with Gasteiger partial charge in [-0.15, -0.1) is 0 Å². The van der Waals surface area contributed by atoms with Crippen molar-refractivity contribution in [3.05, 3.63) is 67.7 Å². The molecule has 136 valence electrons. The predicted octanol–water partition coefficient (Wildman–Crippen LogP) is 4.18. The van der Waals surface area contributed by atoms with Gasteiger partial charge in [0, 0.05) is 12.6 Å². The van der Waals surface area contributed by atoms with Crippen molar-refractivity contribution in [3.8, 4) is 11.8 Å². The van der Waals surface area contributed by atoms with E-state index in [4.69, 9.17) is 10.00 Å². The molecule has 27 heavy (non-hydrogen) atoms. The van der Waals surface area contributed by atoms with Gasteiger partial charge >= 0.3 is 6.03 Å². The fraction of sp³-hybridized carbons (Fsp3) is 0.105. The molecule has 0 saturated carbocycles. The van der Waals surface area contributed by atoms with E-state index in [2.05, 4.69) is 43.2 Å². The number of imide groups is 1. The minimum absolute atomic E-state index is 0.206. The molecular formula is C19H13Br2N3O3. The molecule has 2 aromatic carbocycles. The van der Waals surface area contributed by atoms with Crippen LogP contribution in [0.15, 0.2) is 51.0 Å². The molecule has 3 rings (SSSR count). The summed E-state index contributed by atoms with van der Waals surface area (Å²) >= 11 is 6.93. The number of carbonyl (C=O) groups is 2. The van der Waals surface area contributed by atoms with E-state index in [1.807, 2.05) is 12.1 Å². The van der Waals surface area contributed by atoms with E-state index >= 15 is 0 Å². The molecule has 0 radical (unpaired) electrons. The zero-order valence-electron chi connectivity index (χ0n) is 14.1. The van der Waals surface area contributed by atoms with Crippen LogP contribution in [-0.4, -0.2) is 23.9 Å². The van der Waals surface area contributed by atoms with Gasteiger partial charge in [0.2, 0.25) is 0 Å². The second kappa shape index (κ2) is 7.94. The van der Waals surface area contributed by atoms with Gasteiger partial charge in [-0.05, 0) is 61.7 Å². The van der Waals surface area contributed by atoms with Gasteiger partial charge in [0.1, 0.15) is 18.1 Å². The first kappa shape index (κ1) is 19.1. The van der Waals surface area contributed by atoms with Gasteiger partial charge in [0.25, 0.3) is 5.91 Å². The first-order valence-corrected chi connectivity index (χ1v) is 9.40. The molecule has 0 unspecified atom stereocenters. The predicted molar refractivity (Wildman–Crippen MR) is 107 cm³/mol. The van der Waals surface area contributed by atoms with Crippen molar-refractivity contribution in [2.75, 3.05) is 7.05 Å². The molecule has 0 spiro atoms. The van der Waals surface area contributed by atoms with E-state index in [9.17, 15) is 9.59 Å². The number of urea groups is 1. The van der Waals surface area contributed by atoms with Gasteiger partial charge in [-0.25, -0.2) is 4.79 Å². The van der Waals surface area contributed by atoms with E-state index < -0.39 is 6.03 Å². The van der Waals surface area contributed by atoms with E-state index in [-0.39, 0.29) is 18.2 Å². The number of likely N-dealkylation sites (N-methyl/N-ethyl adjacent to an activating group) is 1. The van der Waals surface area contributed by atoms with Gasteiger partial charge in [0.15, 0.2) is 0 Å². The maximum absolute atomic E-state index is 12.0. The minimum atomic E-state index is -0.458. The molecule has 6 nitrogen and oxygen atoms in total. The molecule has 1 fully saturated rings. The van der Waals surface area contributed by atoms with Gasteiger partial charge in [-0.1, -0.05) is 18.2 Å². The van der Waals surface area contributed by atoms with Crippen LogP contribution in [0.5, 0.6) is 5.75 Å². The Labute approximate surface area is 172 Å². The third-order valence-electron chi connectivity index (χ3n) is 3.92. The van der Waals surface area contributed by atoms with Crippen LogP contribution < -0.4 is 10.1 Å². The number of hydrogen-bond donors (Lipinski definition) is 1. The summed E-state index contributed by atoms with van der Waals surface area (Å²) in [4.78, 5) is 24.5. The van der Waals surface area contributed by atoms with Crippen molar-refractivity contribution >= 4 is 49.9 Å². The van der Waals surface area contributed by atoms with Crippen LogP contribution in [0, 0.1) is 11.3 Å². The summed E-state index contributed by atoms with van der Waals surface area (Å²) in [7, 11) is 1.42. The van der Waals surface area contributed by atoms with Gasteiger partial charge in [-0.2, -0.15) is 5.26 Å². The molecular weight excluding hydrogens is 478 g/mol. The van der Waals surface area contributed by atoms with Crippen LogP contribution >= 0.6 is 31.9 Å². The normalized spacial score (nSPS) is 15.0. The number of halogens is 2. The number of nitriles is 1. The van der Waals surface area contributed by atoms with Crippen LogP contribution in [0.1, 0.15) is 16.7 Å². The summed E-state index contributed by atoms with van der Waals surface area (Å²) in [6, 6.07) is 12.5. The van der Waals surface area contributed by atoms with Gasteiger partial charge in [-0.3, -0.25) is 9.69 Å². The zero-order chi connectivity index (χ0) is 19.6. The fourth-order valence-electron chi connectivity index (χ4n) is 2.50. The first-order valence-electron chi connectivity index (χ1n) is 7.81. The van der Waals surface area contributed by atoms with Crippen LogP contribution in [-0.2, 0) is 11.4 Å². The number of nitrogens with zero attached hydrogens (tertiary/aromatic N) is 2. The molecule has 1 N–H and O–H groups in total. The van der Waals surface area contributed by atoms with Crippen molar-refractivity contribution in [2.45, 2.75) is 6.61 Å². The number of carbonyl (C=O) groups excluding carboxylic acids is 2. The van der Waals surface area contributed by atoms with Crippen molar-refractivity contribution in [1.82, 2.24) is 10.2 Å². The monoisotopic (exact) mass is 489 g/mol. The lowest BCUT2D eigenvalue weighted by Crippen LogP contribution is -2.25. The second-order valence-corrected chi connectivity index (χ2v) is 7.43. The molecule has 1 aliphatic rings. The molecule has 8 heteroatoms. The largest absolute Gasteiger partial charge is 0.486 e. The number of hydrogen-bond acceptors (Lipinski definition) is 4. The minimum Gasteiger partial charge on any atom is -0.486 e. The average Bonchev–Trinajstić information content (AvgIpc) is 2.88. The summed E-state index contributed by atoms with van der Waals surface area (Å²) in [5.41, 5.74) is 2.26. The van der Waals surface area contributed by atoms with E-state index in [1.165, 1.54) is 7.05 Å². The Bertz CT molecular complexity index is 988. The Balaban J connectivity index is 1.83. The SMILES string of the molecule is CN1C(=O)N/C(=C/c2cc(Br)c(OCc3ccccc3C#N)c(Br)c2)C1=O. The quantitative estimate of drug-likeness (QED) is 0.514. The molecule has 3 amide bonds. The highest BCUT2D eigenvalue weighted by atomic mass is 79.9. The van der Waals surface area contributed by atoms with Crippen LogP contribution in [0.2, 0.25) is 0 Å². The molecule has 0 atom stereocenters. The van der Waals surface area contributed by atoms with Crippen molar-refractivity contribution in [2.24, 2.45) is 0 Å². The lowest BCUT2D eigenvalue weighted by Gasteiger charge is -2.12. The zero-order valence-corrected chi connectivity index (χ0v) is 17.3. The number of benzene rings is 2. The van der Waals surface area contributed by atoms with Crippen LogP contribution in [0.4, 0.5) is 4.79 Å². The number of amides is 3. The molecule has 0 aliphatic carbocycles. The Hall–Kier alpha value is -2.63. The van der Waals surface area contributed by atoms with E-state index in [0.717, 1.165) is 10.5 Å². The van der Waals surface area contributed by atoms with Crippen molar-refractivity contribution < 1.29 is 14.3 Å². The Morgan fingerprint density at radius 2 is 1.89 bits per heavy atom. The average molecular weight is 491 g/mol. The summed E-state index contributed by atoms with van der Waals surface area (Å²) in [5, 5.41) is 11.7. The third-order valence-corrected chi connectivity index (χ3v) is 5.10. The standard InChI is InChI=1S/C19H13Br2N3O3/c1-24-18(25)16(23-19(24)26)8-11-6-14(20)17(15(21)7-11)27-10-13-5-3-2-4-12(13)9-22/h2-8H,10H2,1H3,(H,23,26)/b16-8+. The molecule has 0 bridgehead atoms. The lowest BCUT2D eigenvalue weighted by atomic mass is 10.1. The molecule has 1 saturated heterocycles. The maximum atomic E-state index is 12.0. The first-order chi connectivity index (χ1) is 12.9. The smallest absolute Gasteiger partial charge is 0.328 e. The highest BCUT2D eigenvalue weighted by Gasteiger charge is 2.30. The second-order valence-electron chi connectivity index (χ2n) is 5.72. The summed E-state index contributed by atoms with van der Waals surface area (Å²) < 4.78 is 7.21. The maximum Gasteiger partial charge on any atom is 0.328 e. The lowest BCUT2D eigenvalue weighted by molar-refractivity contribution is -0.121. The molecule has 0 aromatic heterocycles. The Kier molecular flexibility index (Phi) is 5.63. The highest BCUT2D eigenvalue weighted by molar-refractivity contribution is 9.11. The third kappa shape index (κ3) is 4.04. The van der Waals surface area contributed by atoms with Crippen LogP contribution in [0.25, 0.3) is 6.08 Å². The summed E-state index contributed by atoms with van der Waals surface area (Å²) in [6.45, 7) is 0.237. The summed E-state index contributed by atoms with van der Waals surface area (Å²) in [6.07, 6.45) is 1.59. The van der Waals surface area contributed by atoms with Crippen LogP contribution in [0.3, 0.4) is 0 Å². The molecule has 2 aromatic rings. The number of ether oxygens (including phenoxy) is 1. The Morgan fingerprint density at radius 1 is 1.22 bits per heavy atom. The van der Waals surface area contributed by atoms with E-state index in [0.29, 0.717) is 25.8 Å². The highest BCUT2D eigenvalue weighted by Crippen LogP contribution is 2.36. The van der Waals surface area contributed by atoms with Crippen molar-refractivity contribution in [1.29, 1.82) is 5.26 Å². The molecule has 1 aliphatic heterocycles. The van der Waals surface area contributed by atoms with Crippen molar-refractivity contribution in [3.63, 3.8) is 0 Å². The fourth-order valence-corrected chi connectivity index (χ4v) is 3.95. The van der Waals surface area contributed by atoms with Gasteiger partial charge in [0.05, 0.1) is 20.6 Å². The molecule has 1 heterocycles.